The van der Waals surface area contributed by atoms with Crippen molar-refractivity contribution < 1.29 is 19.3 Å². The molecular weight excluding hydrogens is 284 g/mol. The normalized spacial score (nSPS) is 12.8. The number of ether oxygens (including phenoxy) is 3. The predicted octanol–water partition coefficient (Wildman–Crippen LogP) is 1.87. The number of imidazole rings is 1. The van der Waals surface area contributed by atoms with Crippen LogP contribution in [0.1, 0.15) is 11.4 Å². The molecule has 0 spiro atoms. The Balaban J connectivity index is 1.82. The quantitative estimate of drug-likeness (QED) is 0.933. The van der Waals surface area contributed by atoms with E-state index in [1.54, 1.807) is 29.9 Å². The Hall–Kier alpha value is -1.92. The van der Waals surface area contributed by atoms with Crippen LogP contribution in [0.5, 0.6) is 17.2 Å². The van der Waals surface area contributed by atoms with Gasteiger partial charge in [-0.1, -0.05) is 11.6 Å². The molecular formula is C13H13ClN2O4. The first-order valence-electron chi connectivity index (χ1n) is 6.01. The van der Waals surface area contributed by atoms with Gasteiger partial charge in [-0.2, -0.15) is 0 Å². The van der Waals surface area contributed by atoms with Gasteiger partial charge in [-0.05, 0) is 6.07 Å². The monoisotopic (exact) mass is 296 g/mol. The van der Waals surface area contributed by atoms with Gasteiger partial charge in [-0.3, -0.25) is 0 Å². The molecule has 1 aromatic carbocycles. The van der Waals surface area contributed by atoms with E-state index in [-0.39, 0.29) is 20.0 Å². The number of benzene rings is 1. The molecule has 1 aromatic heterocycles. The molecule has 0 bridgehead atoms. The van der Waals surface area contributed by atoms with E-state index in [2.05, 4.69) is 4.98 Å². The summed E-state index contributed by atoms with van der Waals surface area (Å²) in [5.74, 6) is 2.45. The fourth-order valence-electron chi connectivity index (χ4n) is 1.92. The number of aliphatic hydroxyl groups excluding tert-OH is 1. The van der Waals surface area contributed by atoms with Gasteiger partial charge < -0.3 is 23.9 Å². The SMILES string of the molecule is Cn1c(Cl)cnc1COc1cc2c(cc1CO)OCO2. The molecule has 1 aliphatic rings. The van der Waals surface area contributed by atoms with Gasteiger partial charge in [0.2, 0.25) is 6.79 Å². The zero-order valence-corrected chi connectivity index (χ0v) is 11.6. The van der Waals surface area contributed by atoms with Crippen LogP contribution >= 0.6 is 11.6 Å². The first-order valence-corrected chi connectivity index (χ1v) is 6.39. The fraction of sp³-hybridized carbons (Fsp3) is 0.308. The Bertz CT molecular complexity index is 642. The summed E-state index contributed by atoms with van der Waals surface area (Å²) >= 11 is 5.91. The third kappa shape index (κ3) is 2.28. The molecule has 7 heteroatoms. The third-order valence-corrected chi connectivity index (χ3v) is 3.46. The van der Waals surface area contributed by atoms with Crippen LogP contribution in [-0.2, 0) is 20.3 Å². The minimum atomic E-state index is -0.146. The van der Waals surface area contributed by atoms with Crippen LogP contribution in [0.2, 0.25) is 5.15 Å². The molecule has 0 atom stereocenters. The van der Waals surface area contributed by atoms with Crippen molar-refractivity contribution in [1.29, 1.82) is 0 Å². The van der Waals surface area contributed by atoms with Crippen LogP contribution in [0.25, 0.3) is 0 Å². The lowest BCUT2D eigenvalue weighted by Crippen LogP contribution is -2.05. The van der Waals surface area contributed by atoms with Gasteiger partial charge in [0.05, 0.1) is 12.8 Å². The summed E-state index contributed by atoms with van der Waals surface area (Å²) < 4.78 is 18.0. The van der Waals surface area contributed by atoms with E-state index in [0.717, 1.165) is 0 Å². The first kappa shape index (κ1) is 13.1. The van der Waals surface area contributed by atoms with Crippen LogP contribution in [0.4, 0.5) is 0 Å². The topological polar surface area (TPSA) is 65.7 Å². The van der Waals surface area contributed by atoms with E-state index in [4.69, 9.17) is 25.8 Å². The molecule has 1 N–H and O–H groups in total. The Morgan fingerprint density at radius 1 is 1.40 bits per heavy atom. The number of aromatic nitrogens is 2. The standard InChI is InChI=1S/C13H13ClN2O4/c1-16-12(14)4-15-13(16)6-18-9-3-11-10(19-7-20-11)2-8(9)5-17/h2-4,17H,5-7H2,1H3. The van der Waals surface area contributed by atoms with Crippen molar-refractivity contribution in [2.45, 2.75) is 13.2 Å². The third-order valence-electron chi connectivity index (χ3n) is 3.11. The van der Waals surface area contributed by atoms with E-state index in [1.807, 2.05) is 0 Å². The van der Waals surface area contributed by atoms with Crippen molar-refractivity contribution >= 4 is 11.6 Å². The maximum atomic E-state index is 9.39. The maximum Gasteiger partial charge on any atom is 0.231 e. The summed E-state index contributed by atoms with van der Waals surface area (Å²) in [6.45, 7) is 0.280. The Kier molecular flexibility index (Phi) is 3.42. The number of aliphatic hydroxyl groups is 1. The summed E-state index contributed by atoms with van der Waals surface area (Å²) in [5.41, 5.74) is 0.634. The van der Waals surface area contributed by atoms with E-state index in [1.165, 1.54) is 0 Å². The van der Waals surface area contributed by atoms with Crippen LogP contribution in [0, 0.1) is 0 Å². The second kappa shape index (κ2) is 5.22. The summed E-state index contributed by atoms with van der Waals surface area (Å²) in [5, 5.41) is 9.93. The second-order valence-corrected chi connectivity index (χ2v) is 4.70. The van der Waals surface area contributed by atoms with Crippen molar-refractivity contribution in [3.8, 4) is 17.2 Å². The van der Waals surface area contributed by atoms with Gasteiger partial charge in [0, 0.05) is 18.7 Å². The average molecular weight is 297 g/mol. The number of nitrogens with zero attached hydrogens (tertiary/aromatic N) is 2. The average Bonchev–Trinajstić information content (AvgIpc) is 3.03. The van der Waals surface area contributed by atoms with Crippen molar-refractivity contribution in [2.75, 3.05) is 6.79 Å². The molecule has 2 aromatic rings. The minimum absolute atomic E-state index is 0.146. The largest absolute Gasteiger partial charge is 0.485 e. The minimum Gasteiger partial charge on any atom is -0.485 e. The van der Waals surface area contributed by atoms with Gasteiger partial charge >= 0.3 is 0 Å². The number of fused-ring (bicyclic) bond motifs is 1. The lowest BCUT2D eigenvalue weighted by Gasteiger charge is -2.11. The Morgan fingerprint density at radius 2 is 2.15 bits per heavy atom. The first-order chi connectivity index (χ1) is 9.69. The molecule has 3 rings (SSSR count). The highest BCUT2D eigenvalue weighted by atomic mass is 35.5. The number of rotatable bonds is 4. The molecule has 6 nitrogen and oxygen atoms in total. The molecule has 0 amide bonds. The molecule has 2 heterocycles. The summed E-state index contributed by atoms with van der Waals surface area (Å²) in [4.78, 5) is 4.15. The number of hydrogen-bond acceptors (Lipinski definition) is 5. The van der Waals surface area contributed by atoms with E-state index in [0.29, 0.717) is 33.8 Å². The molecule has 0 aliphatic carbocycles. The van der Waals surface area contributed by atoms with Crippen molar-refractivity contribution in [2.24, 2.45) is 7.05 Å². The summed E-state index contributed by atoms with van der Waals surface area (Å²) in [6.07, 6.45) is 1.56. The summed E-state index contributed by atoms with van der Waals surface area (Å²) in [6, 6.07) is 3.42. The highest BCUT2D eigenvalue weighted by Crippen LogP contribution is 2.38. The lowest BCUT2D eigenvalue weighted by molar-refractivity contribution is 0.173. The van der Waals surface area contributed by atoms with Crippen molar-refractivity contribution in [3.05, 3.63) is 34.9 Å². The molecule has 0 radical (unpaired) electrons. The zero-order chi connectivity index (χ0) is 14.1. The van der Waals surface area contributed by atoms with Gasteiger partial charge in [-0.25, -0.2) is 4.98 Å². The Labute approximate surface area is 120 Å². The maximum absolute atomic E-state index is 9.39. The molecule has 0 saturated heterocycles. The molecule has 1 aliphatic heterocycles. The second-order valence-electron chi connectivity index (χ2n) is 4.32. The highest BCUT2D eigenvalue weighted by Gasteiger charge is 2.18. The molecule has 106 valence electrons. The lowest BCUT2D eigenvalue weighted by atomic mass is 10.2. The highest BCUT2D eigenvalue weighted by molar-refractivity contribution is 6.29. The molecule has 0 saturated carbocycles. The summed E-state index contributed by atoms with van der Waals surface area (Å²) in [7, 11) is 1.81. The van der Waals surface area contributed by atoms with Crippen LogP contribution < -0.4 is 14.2 Å². The van der Waals surface area contributed by atoms with Gasteiger partial charge in [0.15, 0.2) is 11.5 Å². The van der Waals surface area contributed by atoms with Gasteiger partial charge in [-0.15, -0.1) is 0 Å². The molecule has 0 unspecified atom stereocenters. The number of hydrogen-bond donors (Lipinski definition) is 1. The van der Waals surface area contributed by atoms with Crippen LogP contribution in [-0.4, -0.2) is 21.5 Å². The van der Waals surface area contributed by atoms with Crippen molar-refractivity contribution in [3.63, 3.8) is 0 Å². The van der Waals surface area contributed by atoms with Gasteiger partial charge in [0.1, 0.15) is 23.3 Å². The number of halogens is 1. The van der Waals surface area contributed by atoms with E-state index in [9.17, 15) is 5.11 Å². The zero-order valence-electron chi connectivity index (χ0n) is 10.8. The Morgan fingerprint density at radius 3 is 2.80 bits per heavy atom. The van der Waals surface area contributed by atoms with E-state index >= 15 is 0 Å². The van der Waals surface area contributed by atoms with Gasteiger partial charge in [0.25, 0.3) is 0 Å². The van der Waals surface area contributed by atoms with E-state index < -0.39 is 0 Å². The predicted molar refractivity (Wildman–Crippen MR) is 71.0 cm³/mol. The van der Waals surface area contributed by atoms with Crippen LogP contribution in [0.15, 0.2) is 18.3 Å². The smallest absolute Gasteiger partial charge is 0.231 e. The fourth-order valence-corrected chi connectivity index (χ4v) is 2.07. The molecule has 20 heavy (non-hydrogen) atoms. The van der Waals surface area contributed by atoms with Crippen molar-refractivity contribution in [1.82, 2.24) is 9.55 Å². The molecule has 0 fully saturated rings. The van der Waals surface area contributed by atoms with Crippen LogP contribution in [0.3, 0.4) is 0 Å².